The van der Waals surface area contributed by atoms with Crippen LogP contribution in [0.15, 0.2) is 77.7 Å². The third-order valence-electron chi connectivity index (χ3n) is 5.91. The Balaban J connectivity index is 1.53. The van der Waals surface area contributed by atoms with Gasteiger partial charge in [0.1, 0.15) is 12.4 Å². The number of carboxylic acid groups (broad SMARTS) is 1. The maximum absolute atomic E-state index is 13.6. The molecular formula is C30H34F2N2O5S. The van der Waals surface area contributed by atoms with E-state index in [0.717, 1.165) is 36.3 Å². The van der Waals surface area contributed by atoms with Crippen molar-refractivity contribution in [1.29, 1.82) is 0 Å². The zero-order valence-corrected chi connectivity index (χ0v) is 23.2. The van der Waals surface area contributed by atoms with Crippen LogP contribution >= 0.6 is 11.8 Å². The van der Waals surface area contributed by atoms with Gasteiger partial charge in [-0.15, -0.1) is 11.8 Å². The molecule has 0 aromatic heterocycles. The molecule has 1 unspecified atom stereocenters. The second-order valence-corrected chi connectivity index (χ2v) is 10.1. The van der Waals surface area contributed by atoms with Gasteiger partial charge in [-0.2, -0.15) is 0 Å². The van der Waals surface area contributed by atoms with E-state index in [1.807, 2.05) is 18.2 Å². The fourth-order valence-electron chi connectivity index (χ4n) is 3.83. The van der Waals surface area contributed by atoms with Crippen molar-refractivity contribution >= 4 is 29.4 Å². The van der Waals surface area contributed by atoms with Crippen LogP contribution in [0.1, 0.15) is 25.3 Å². The van der Waals surface area contributed by atoms with Gasteiger partial charge in [-0.3, -0.25) is 0 Å². The minimum atomic E-state index is -1.04. The van der Waals surface area contributed by atoms with Gasteiger partial charge >= 0.3 is 12.0 Å². The molecule has 214 valence electrons. The molecule has 3 aromatic carbocycles. The maximum Gasteiger partial charge on any atom is 0.333 e. The Morgan fingerprint density at radius 1 is 0.975 bits per heavy atom. The molecule has 3 aromatic rings. The number of anilines is 1. The molecule has 0 aliphatic rings. The first kappa shape index (κ1) is 30.9. The summed E-state index contributed by atoms with van der Waals surface area (Å²) in [5.41, 5.74) is 0.964. The standard InChI is InChI=1S/C30H34F2N2O5S/c1-2-38-28(29(35)36)20-22-10-13-24(14-11-22)39-18-17-34(16-6-7-19-40-25-8-4-3-5-9-25)30(37)33-23-12-15-26(31)27(32)21-23/h3-5,8-15,21,28H,2,6-7,16-20H2,1H3,(H,33,37)(H,35,36). The van der Waals surface area contributed by atoms with Crippen LogP contribution in [-0.4, -0.2) is 60.2 Å². The summed E-state index contributed by atoms with van der Waals surface area (Å²) in [6.07, 6.45) is 0.967. The molecule has 2 amide bonds. The number of carboxylic acids is 1. The SMILES string of the molecule is CCOC(Cc1ccc(OCCN(CCCCSc2ccccc2)C(=O)Nc2ccc(F)c(F)c2)cc1)C(=O)O. The van der Waals surface area contributed by atoms with Crippen LogP contribution < -0.4 is 10.1 Å². The van der Waals surface area contributed by atoms with Crippen molar-refractivity contribution in [3.63, 3.8) is 0 Å². The normalized spacial score (nSPS) is 11.6. The number of carbonyl (C=O) groups excluding carboxylic acids is 1. The Morgan fingerprint density at radius 3 is 2.40 bits per heavy atom. The van der Waals surface area contributed by atoms with Crippen molar-refractivity contribution in [2.75, 3.05) is 37.4 Å². The third-order valence-corrected chi connectivity index (χ3v) is 7.01. The first-order valence-corrected chi connectivity index (χ1v) is 14.1. The molecule has 1 atom stereocenters. The number of halogens is 2. The van der Waals surface area contributed by atoms with Crippen LogP contribution in [0, 0.1) is 11.6 Å². The number of ether oxygens (including phenoxy) is 2. The summed E-state index contributed by atoms with van der Waals surface area (Å²) >= 11 is 1.75. The van der Waals surface area contributed by atoms with Crippen LogP contribution in [0.2, 0.25) is 0 Å². The molecule has 40 heavy (non-hydrogen) atoms. The van der Waals surface area contributed by atoms with Gasteiger partial charge < -0.3 is 24.8 Å². The molecule has 0 spiro atoms. The van der Waals surface area contributed by atoms with Crippen LogP contribution in [-0.2, 0) is 16.0 Å². The van der Waals surface area contributed by atoms with Crippen molar-refractivity contribution in [2.24, 2.45) is 0 Å². The second kappa shape index (κ2) is 16.5. The minimum Gasteiger partial charge on any atom is -0.492 e. The first-order chi connectivity index (χ1) is 19.4. The lowest BCUT2D eigenvalue weighted by molar-refractivity contribution is -0.149. The molecule has 0 bridgehead atoms. The van der Waals surface area contributed by atoms with E-state index in [1.54, 1.807) is 47.9 Å². The van der Waals surface area contributed by atoms with Crippen molar-refractivity contribution in [3.8, 4) is 5.75 Å². The fraction of sp³-hybridized carbons (Fsp3) is 0.333. The van der Waals surface area contributed by atoms with Gasteiger partial charge in [0.05, 0.1) is 6.54 Å². The van der Waals surface area contributed by atoms with Crippen LogP contribution in [0.5, 0.6) is 5.75 Å². The maximum atomic E-state index is 13.6. The number of benzene rings is 3. The molecule has 0 saturated heterocycles. The van der Waals surface area contributed by atoms with Crippen molar-refractivity contribution in [1.82, 2.24) is 4.90 Å². The van der Waals surface area contributed by atoms with Gasteiger partial charge in [0.25, 0.3) is 0 Å². The van der Waals surface area contributed by atoms with Crippen molar-refractivity contribution in [2.45, 2.75) is 37.2 Å². The predicted octanol–water partition coefficient (Wildman–Crippen LogP) is 6.48. The van der Waals surface area contributed by atoms with E-state index in [-0.39, 0.29) is 25.3 Å². The monoisotopic (exact) mass is 572 g/mol. The minimum absolute atomic E-state index is 0.164. The molecule has 0 saturated carbocycles. The third kappa shape index (κ3) is 10.5. The lowest BCUT2D eigenvalue weighted by atomic mass is 10.1. The number of aliphatic carboxylic acids is 1. The quantitative estimate of drug-likeness (QED) is 0.151. The average Bonchev–Trinajstić information content (AvgIpc) is 2.95. The van der Waals surface area contributed by atoms with E-state index in [0.29, 0.717) is 18.9 Å². The van der Waals surface area contributed by atoms with Gasteiger partial charge in [-0.25, -0.2) is 18.4 Å². The zero-order chi connectivity index (χ0) is 28.7. The molecule has 0 aliphatic heterocycles. The molecule has 0 radical (unpaired) electrons. The highest BCUT2D eigenvalue weighted by Gasteiger charge is 2.18. The van der Waals surface area contributed by atoms with Gasteiger partial charge in [0.2, 0.25) is 0 Å². The number of hydrogen-bond donors (Lipinski definition) is 2. The van der Waals surface area contributed by atoms with Gasteiger partial charge in [-0.1, -0.05) is 30.3 Å². The van der Waals surface area contributed by atoms with E-state index < -0.39 is 29.7 Å². The van der Waals surface area contributed by atoms with Crippen molar-refractivity contribution in [3.05, 3.63) is 90.0 Å². The number of thioether (sulfide) groups is 1. The first-order valence-electron chi connectivity index (χ1n) is 13.1. The van der Waals surface area contributed by atoms with Crippen LogP contribution in [0.4, 0.5) is 19.3 Å². The fourth-order valence-corrected chi connectivity index (χ4v) is 4.76. The number of rotatable bonds is 16. The van der Waals surface area contributed by atoms with Gasteiger partial charge in [-0.05, 0) is 67.5 Å². The Bertz CT molecular complexity index is 1210. The summed E-state index contributed by atoms with van der Waals surface area (Å²) in [6, 6.07) is 19.9. The van der Waals surface area contributed by atoms with Gasteiger partial charge in [0.15, 0.2) is 17.7 Å². The number of amides is 2. The lowest BCUT2D eigenvalue weighted by Gasteiger charge is -2.23. The summed E-state index contributed by atoms with van der Waals surface area (Å²) in [7, 11) is 0. The van der Waals surface area contributed by atoms with Gasteiger partial charge in [0, 0.05) is 36.2 Å². The lowest BCUT2D eigenvalue weighted by Crippen LogP contribution is -2.38. The highest BCUT2D eigenvalue weighted by atomic mass is 32.2. The number of hydrogen-bond acceptors (Lipinski definition) is 5. The van der Waals surface area contributed by atoms with E-state index in [9.17, 15) is 23.5 Å². The summed E-state index contributed by atoms with van der Waals surface area (Å²) in [6.45, 7) is 3.00. The van der Waals surface area contributed by atoms with E-state index >= 15 is 0 Å². The van der Waals surface area contributed by atoms with Crippen LogP contribution in [0.3, 0.4) is 0 Å². The molecule has 3 rings (SSSR count). The second-order valence-electron chi connectivity index (χ2n) is 8.89. The number of nitrogens with zero attached hydrogens (tertiary/aromatic N) is 1. The Morgan fingerprint density at radius 2 is 1.73 bits per heavy atom. The molecule has 10 heteroatoms. The Labute approximate surface area is 237 Å². The summed E-state index contributed by atoms with van der Waals surface area (Å²) in [5, 5.41) is 11.9. The van der Waals surface area contributed by atoms with E-state index in [4.69, 9.17) is 9.47 Å². The topological polar surface area (TPSA) is 88.1 Å². The number of urea groups is 1. The molecule has 0 aliphatic carbocycles. The van der Waals surface area contributed by atoms with E-state index in [2.05, 4.69) is 17.4 Å². The molecule has 2 N–H and O–H groups in total. The van der Waals surface area contributed by atoms with E-state index in [1.165, 1.54) is 11.0 Å². The summed E-state index contributed by atoms with van der Waals surface area (Å²) in [4.78, 5) is 27.1. The predicted molar refractivity (Wildman–Crippen MR) is 152 cm³/mol. The number of unbranched alkanes of at least 4 members (excludes halogenated alkanes) is 1. The average molecular weight is 573 g/mol. The largest absolute Gasteiger partial charge is 0.492 e. The molecular weight excluding hydrogens is 538 g/mol. The Hall–Kier alpha value is -3.63. The summed E-state index contributed by atoms with van der Waals surface area (Å²) < 4.78 is 38.0. The Kier molecular flexibility index (Phi) is 12.7. The number of carbonyl (C=O) groups is 2. The smallest absolute Gasteiger partial charge is 0.333 e. The molecule has 7 nitrogen and oxygen atoms in total. The highest BCUT2D eigenvalue weighted by Crippen LogP contribution is 2.19. The number of nitrogens with one attached hydrogen (secondary N) is 1. The highest BCUT2D eigenvalue weighted by molar-refractivity contribution is 7.99. The zero-order valence-electron chi connectivity index (χ0n) is 22.4. The van der Waals surface area contributed by atoms with Crippen LogP contribution in [0.25, 0.3) is 0 Å². The molecule has 0 heterocycles. The molecule has 0 fully saturated rings. The van der Waals surface area contributed by atoms with Crippen molar-refractivity contribution < 1.29 is 33.0 Å². The summed E-state index contributed by atoms with van der Waals surface area (Å²) in [5.74, 6) is -1.56.